The zero-order valence-electron chi connectivity index (χ0n) is 17.0. The Balaban J connectivity index is 1.41. The highest BCUT2D eigenvalue weighted by molar-refractivity contribution is 5.92. The van der Waals surface area contributed by atoms with Crippen molar-refractivity contribution in [2.75, 3.05) is 10.2 Å². The molecule has 0 aliphatic heterocycles. The maximum atomic E-state index is 12.1. The van der Waals surface area contributed by atoms with E-state index in [-0.39, 0.29) is 0 Å². The third-order valence-electron chi connectivity index (χ3n) is 4.95. The van der Waals surface area contributed by atoms with Crippen LogP contribution in [0.1, 0.15) is 0 Å². The van der Waals surface area contributed by atoms with E-state index in [0.717, 1.165) is 28.7 Å². The Morgan fingerprint density at radius 3 is 2.53 bits per heavy atom. The smallest absolute Gasteiger partial charge is 0.218 e. The largest absolute Gasteiger partial charge is 0.457 e. The quantitative estimate of drug-likeness (QED) is 0.325. The second kappa shape index (κ2) is 8.61. The van der Waals surface area contributed by atoms with Crippen LogP contribution in [0.3, 0.4) is 0 Å². The Morgan fingerprint density at radius 1 is 0.906 bits per heavy atom. The molecule has 0 bridgehead atoms. The van der Waals surface area contributed by atoms with Crippen LogP contribution in [0.2, 0.25) is 0 Å². The van der Waals surface area contributed by atoms with E-state index in [9.17, 15) is 4.79 Å². The molecule has 2 heterocycles. The van der Waals surface area contributed by atoms with E-state index < -0.39 is 0 Å². The number of aromatic nitrogens is 3. The third kappa shape index (κ3) is 3.99. The van der Waals surface area contributed by atoms with Gasteiger partial charge >= 0.3 is 0 Å². The number of H-pyrrole nitrogens is 1. The number of ether oxygens (including phenoxy) is 1. The number of nitrogens with one attached hydrogen (secondary N) is 2. The Morgan fingerprint density at radius 2 is 1.72 bits per heavy atom. The first kappa shape index (κ1) is 19.3. The Hall–Kier alpha value is -4.65. The van der Waals surface area contributed by atoms with Crippen molar-refractivity contribution in [2.45, 2.75) is 0 Å². The van der Waals surface area contributed by atoms with Gasteiger partial charge in [-0.3, -0.25) is 14.8 Å². The summed E-state index contributed by atoms with van der Waals surface area (Å²) in [4.78, 5) is 18.0. The number of hydrogen-bond acceptors (Lipinski definition) is 5. The molecule has 7 nitrogen and oxygen atoms in total. The first-order valence-corrected chi connectivity index (χ1v) is 10.0. The number of anilines is 4. The van der Waals surface area contributed by atoms with Gasteiger partial charge in [-0.15, -0.1) is 0 Å². The number of benzene rings is 3. The van der Waals surface area contributed by atoms with Crippen molar-refractivity contribution in [3.8, 4) is 11.5 Å². The summed E-state index contributed by atoms with van der Waals surface area (Å²) >= 11 is 0. The number of carbonyl (C=O) groups is 1. The van der Waals surface area contributed by atoms with Crippen molar-refractivity contribution in [3.05, 3.63) is 97.3 Å². The lowest BCUT2D eigenvalue weighted by Gasteiger charge is -2.21. The average Bonchev–Trinajstić information content (AvgIpc) is 3.30. The highest BCUT2D eigenvalue weighted by Gasteiger charge is 2.14. The average molecular weight is 421 g/mol. The van der Waals surface area contributed by atoms with Crippen LogP contribution in [0.5, 0.6) is 11.5 Å². The normalized spacial score (nSPS) is 10.6. The highest BCUT2D eigenvalue weighted by atomic mass is 16.5. The van der Waals surface area contributed by atoms with Gasteiger partial charge in [0.25, 0.3) is 0 Å². The second-order valence-electron chi connectivity index (χ2n) is 7.05. The number of pyridine rings is 1. The molecule has 0 saturated carbocycles. The number of nitrogens with zero attached hydrogens (tertiary/aromatic N) is 3. The SMILES string of the molecule is O=CN(c1ccc(Oc2ccccc2)cc1)c1cccnc1Nc1ccc2cn[nH]c2c1. The fourth-order valence-corrected chi connectivity index (χ4v) is 3.40. The molecule has 0 fully saturated rings. The molecular formula is C25H19N5O2. The first-order valence-electron chi connectivity index (χ1n) is 10.0. The summed E-state index contributed by atoms with van der Waals surface area (Å²) in [6, 6.07) is 26.4. The minimum absolute atomic E-state index is 0.558. The lowest BCUT2D eigenvalue weighted by Crippen LogP contribution is -2.16. The van der Waals surface area contributed by atoms with E-state index in [1.165, 1.54) is 4.90 Å². The number of rotatable bonds is 7. The molecule has 0 spiro atoms. The van der Waals surface area contributed by atoms with Crippen molar-refractivity contribution in [1.82, 2.24) is 15.2 Å². The van der Waals surface area contributed by atoms with E-state index in [1.807, 2.05) is 78.9 Å². The van der Waals surface area contributed by atoms with E-state index >= 15 is 0 Å². The van der Waals surface area contributed by atoms with Crippen LogP contribution in [0.4, 0.5) is 22.9 Å². The van der Waals surface area contributed by atoms with Crippen molar-refractivity contribution in [1.29, 1.82) is 0 Å². The van der Waals surface area contributed by atoms with Gasteiger partial charge in [-0.25, -0.2) is 4.98 Å². The summed E-state index contributed by atoms with van der Waals surface area (Å²) in [6.45, 7) is 0. The summed E-state index contributed by atoms with van der Waals surface area (Å²) < 4.78 is 5.84. The highest BCUT2D eigenvalue weighted by Crippen LogP contribution is 2.33. The number of fused-ring (bicyclic) bond motifs is 1. The molecule has 0 saturated heterocycles. The van der Waals surface area contributed by atoms with Gasteiger partial charge < -0.3 is 10.1 Å². The molecular weight excluding hydrogens is 402 g/mol. The summed E-state index contributed by atoms with van der Waals surface area (Å²) in [7, 11) is 0. The van der Waals surface area contributed by atoms with Crippen molar-refractivity contribution in [2.24, 2.45) is 0 Å². The van der Waals surface area contributed by atoms with E-state index in [0.29, 0.717) is 22.9 Å². The van der Waals surface area contributed by atoms with E-state index in [1.54, 1.807) is 18.5 Å². The van der Waals surface area contributed by atoms with Crippen LogP contribution in [0.15, 0.2) is 97.3 Å². The fourth-order valence-electron chi connectivity index (χ4n) is 3.40. The summed E-state index contributed by atoms with van der Waals surface area (Å²) in [5, 5.41) is 11.3. The van der Waals surface area contributed by atoms with Crippen molar-refractivity contribution >= 4 is 40.2 Å². The molecule has 5 rings (SSSR count). The topological polar surface area (TPSA) is 83.1 Å². The lowest BCUT2D eigenvalue weighted by atomic mass is 10.2. The lowest BCUT2D eigenvalue weighted by molar-refractivity contribution is -0.106. The van der Waals surface area contributed by atoms with Gasteiger partial charge in [0.05, 0.1) is 17.4 Å². The summed E-state index contributed by atoms with van der Waals surface area (Å²) in [5.41, 5.74) is 3.07. The first-order chi connectivity index (χ1) is 15.8. The van der Waals surface area contributed by atoms with Crippen molar-refractivity contribution in [3.63, 3.8) is 0 Å². The Labute approximate surface area is 184 Å². The van der Waals surface area contributed by atoms with Crippen LogP contribution in [0.25, 0.3) is 10.9 Å². The minimum atomic E-state index is 0.558. The zero-order chi connectivity index (χ0) is 21.8. The molecule has 0 aliphatic carbocycles. The molecule has 2 aromatic heterocycles. The Kier molecular flexibility index (Phi) is 5.20. The van der Waals surface area contributed by atoms with Crippen molar-refractivity contribution < 1.29 is 9.53 Å². The molecule has 0 atom stereocenters. The van der Waals surface area contributed by atoms with Gasteiger partial charge in [-0.1, -0.05) is 18.2 Å². The third-order valence-corrected chi connectivity index (χ3v) is 4.95. The summed E-state index contributed by atoms with van der Waals surface area (Å²) in [6.07, 6.45) is 4.22. The van der Waals surface area contributed by atoms with Gasteiger partial charge in [0.1, 0.15) is 11.5 Å². The number of carbonyl (C=O) groups excluding carboxylic acids is 1. The van der Waals surface area contributed by atoms with Crippen LogP contribution < -0.4 is 15.0 Å². The molecule has 0 radical (unpaired) electrons. The molecule has 1 amide bonds. The monoisotopic (exact) mass is 421 g/mol. The van der Waals surface area contributed by atoms with E-state index in [4.69, 9.17) is 4.74 Å². The second-order valence-corrected chi connectivity index (χ2v) is 7.05. The molecule has 0 unspecified atom stereocenters. The predicted octanol–water partition coefficient (Wildman–Crippen LogP) is 5.79. The molecule has 32 heavy (non-hydrogen) atoms. The minimum Gasteiger partial charge on any atom is -0.457 e. The maximum absolute atomic E-state index is 12.1. The van der Waals surface area contributed by atoms with Crippen LogP contribution in [-0.2, 0) is 4.79 Å². The van der Waals surface area contributed by atoms with E-state index in [2.05, 4.69) is 20.5 Å². The predicted molar refractivity (Wildman–Crippen MR) is 125 cm³/mol. The number of para-hydroxylation sites is 1. The standard InChI is InChI=1S/C25H19N5O2/c31-17-30(20-10-12-22(13-11-20)32-21-5-2-1-3-6-21)24-7-4-14-26-25(24)28-19-9-8-18-16-27-29-23(18)15-19/h1-17H,(H,26,28)(H,27,29). The van der Waals surface area contributed by atoms with Gasteiger partial charge in [-0.2, -0.15) is 5.10 Å². The molecule has 2 N–H and O–H groups in total. The zero-order valence-corrected chi connectivity index (χ0v) is 17.0. The van der Waals surface area contributed by atoms with Gasteiger partial charge in [0.15, 0.2) is 5.82 Å². The molecule has 3 aromatic carbocycles. The van der Waals surface area contributed by atoms with Gasteiger partial charge in [-0.05, 0) is 66.7 Å². The fraction of sp³-hybridized carbons (Fsp3) is 0. The summed E-state index contributed by atoms with van der Waals surface area (Å²) in [5.74, 6) is 1.99. The number of amides is 1. The van der Waals surface area contributed by atoms with Crippen LogP contribution in [-0.4, -0.2) is 21.6 Å². The number of hydrogen-bond donors (Lipinski definition) is 2. The molecule has 5 aromatic rings. The number of aromatic amines is 1. The van der Waals surface area contributed by atoms with Crippen LogP contribution in [0, 0.1) is 0 Å². The molecule has 0 aliphatic rings. The van der Waals surface area contributed by atoms with Crippen LogP contribution >= 0.6 is 0 Å². The van der Waals surface area contributed by atoms with Gasteiger partial charge in [0, 0.05) is 23.0 Å². The molecule has 7 heteroatoms. The van der Waals surface area contributed by atoms with Gasteiger partial charge in [0.2, 0.25) is 6.41 Å². The Bertz CT molecular complexity index is 1350. The maximum Gasteiger partial charge on any atom is 0.218 e. The molecule has 156 valence electrons.